The highest BCUT2D eigenvalue weighted by Crippen LogP contribution is 2.19. The summed E-state index contributed by atoms with van der Waals surface area (Å²) < 4.78 is 0. The number of carbonyl (C=O) groups is 2. The first-order valence-corrected chi connectivity index (χ1v) is 8.55. The summed E-state index contributed by atoms with van der Waals surface area (Å²) in [5, 5.41) is 14.4. The minimum absolute atomic E-state index is 0.0356. The predicted molar refractivity (Wildman–Crippen MR) is 106 cm³/mol. The number of hydrogen-bond acceptors (Lipinski definition) is 6. The summed E-state index contributed by atoms with van der Waals surface area (Å²) in [5.41, 5.74) is 12.5. The van der Waals surface area contributed by atoms with E-state index in [1.165, 1.54) is 0 Å². The number of nitrogens with one attached hydrogen (secondary N) is 2. The molecule has 2 amide bonds. The number of nitrogens with zero attached hydrogens (tertiary/aromatic N) is 2. The number of benzene rings is 1. The maximum absolute atomic E-state index is 11.4. The van der Waals surface area contributed by atoms with Crippen LogP contribution in [0.1, 0.15) is 35.7 Å². The summed E-state index contributed by atoms with van der Waals surface area (Å²) in [7, 11) is 0. The Morgan fingerprint density at radius 2 is 2.00 bits per heavy atom. The molecule has 0 fully saturated rings. The van der Waals surface area contributed by atoms with Crippen LogP contribution in [0.15, 0.2) is 24.4 Å². The third-order valence-electron chi connectivity index (χ3n) is 3.40. The van der Waals surface area contributed by atoms with Crippen LogP contribution in [0.2, 0.25) is 5.02 Å². The zero-order chi connectivity index (χ0) is 20.4. The van der Waals surface area contributed by atoms with Gasteiger partial charge >= 0.3 is 12.0 Å². The number of anilines is 3. The number of carboxylic acids is 1. The fraction of sp³-hybridized carbons (Fsp3) is 0.294. The van der Waals surface area contributed by atoms with E-state index in [-0.39, 0.29) is 17.3 Å². The highest BCUT2D eigenvalue weighted by molar-refractivity contribution is 6.31. The number of carboxylic acid groups (broad SMARTS) is 1. The largest absolute Gasteiger partial charge is 0.477 e. The molecule has 0 bridgehead atoms. The number of rotatable bonds is 5. The van der Waals surface area contributed by atoms with Gasteiger partial charge in [-0.15, -0.1) is 0 Å². The van der Waals surface area contributed by atoms with E-state index in [0.29, 0.717) is 6.54 Å². The van der Waals surface area contributed by atoms with Crippen LogP contribution in [-0.2, 0) is 0 Å². The van der Waals surface area contributed by atoms with Crippen molar-refractivity contribution in [2.75, 3.05) is 23.3 Å². The maximum atomic E-state index is 11.4. The van der Waals surface area contributed by atoms with Crippen LogP contribution >= 0.6 is 11.6 Å². The van der Waals surface area contributed by atoms with Crippen LogP contribution in [0.25, 0.3) is 0 Å². The minimum Gasteiger partial charge on any atom is -0.477 e. The van der Waals surface area contributed by atoms with Gasteiger partial charge in [0, 0.05) is 23.5 Å². The first-order valence-electron chi connectivity index (χ1n) is 8.17. The lowest BCUT2D eigenvalue weighted by Crippen LogP contribution is -2.30. The van der Waals surface area contributed by atoms with Gasteiger partial charge in [-0.2, -0.15) is 4.98 Å². The monoisotopic (exact) mass is 394 g/mol. The molecule has 0 spiro atoms. The number of aromatic nitrogens is 2. The van der Waals surface area contributed by atoms with Crippen molar-refractivity contribution >= 4 is 41.1 Å². The molecule has 1 heterocycles. The summed E-state index contributed by atoms with van der Waals surface area (Å²) in [6.45, 7) is 4.46. The van der Waals surface area contributed by atoms with Crippen molar-refractivity contribution in [3.63, 3.8) is 0 Å². The molecule has 1 aromatic carbocycles. The number of aromatic carboxylic acids is 1. The molecule has 1 aromatic heterocycles. The van der Waals surface area contributed by atoms with E-state index in [9.17, 15) is 9.59 Å². The average molecular weight is 395 g/mol. The summed E-state index contributed by atoms with van der Waals surface area (Å²) in [4.78, 5) is 29.4. The third-order valence-corrected chi connectivity index (χ3v) is 3.81. The molecule has 0 aliphatic heterocycles. The van der Waals surface area contributed by atoms with Crippen molar-refractivity contribution in [2.24, 2.45) is 0 Å². The van der Waals surface area contributed by atoms with E-state index < -0.39 is 12.0 Å². The van der Waals surface area contributed by atoms with E-state index >= 15 is 0 Å². The van der Waals surface area contributed by atoms with Gasteiger partial charge in [0.1, 0.15) is 11.4 Å². The highest BCUT2D eigenvalue weighted by Gasteiger charge is 2.11. The third kappa shape index (κ3) is 7.37. The first-order chi connectivity index (χ1) is 12.8. The maximum Gasteiger partial charge on any atom is 0.341 e. The van der Waals surface area contributed by atoms with Gasteiger partial charge in [-0.05, 0) is 31.0 Å². The number of urea groups is 1. The quantitative estimate of drug-likeness (QED) is 0.385. The smallest absolute Gasteiger partial charge is 0.341 e. The average Bonchev–Trinajstić information content (AvgIpc) is 2.60. The number of carbonyl (C=O) groups excluding carboxylic acids is 1. The van der Waals surface area contributed by atoms with Crippen molar-refractivity contribution in [2.45, 2.75) is 26.7 Å². The van der Waals surface area contributed by atoms with Crippen molar-refractivity contribution < 1.29 is 14.7 Å². The summed E-state index contributed by atoms with van der Waals surface area (Å²) in [6.07, 6.45) is 2.89. The SMILES string of the molecule is CCCCNC(=O)Nc1ncc(C(=O)O)c(N)n1.Cc1c(N)cccc1Cl. The van der Waals surface area contributed by atoms with Gasteiger partial charge in [0.2, 0.25) is 5.95 Å². The van der Waals surface area contributed by atoms with E-state index in [0.717, 1.165) is 35.3 Å². The zero-order valence-electron chi connectivity index (χ0n) is 15.1. The molecule has 0 unspecified atom stereocenters. The number of nitrogen functional groups attached to an aromatic ring is 2. The van der Waals surface area contributed by atoms with Gasteiger partial charge < -0.3 is 21.9 Å². The van der Waals surface area contributed by atoms with Crippen LogP contribution in [0.5, 0.6) is 0 Å². The van der Waals surface area contributed by atoms with Crippen LogP contribution in [-0.4, -0.2) is 33.6 Å². The number of nitrogens with two attached hydrogens (primary N) is 2. The van der Waals surface area contributed by atoms with Gasteiger partial charge in [-0.1, -0.05) is 31.0 Å². The Kier molecular flexibility index (Phi) is 8.80. The minimum atomic E-state index is -1.22. The molecule has 27 heavy (non-hydrogen) atoms. The van der Waals surface area contributed by atoms with Crippen molar-refractivity contribution in [1.82, 2.24) is 15.3 Å². The van der Waals surface area contributed by atoms with E-state index in [1.807, 2.05) is 32.0 Å². The fourth-order valence-electron chi connectivity index (χ4n) is 1.77. The second-order valence-corrected chi connectivity index (χ2v) is 5.89. The summed E-state index contributed by atoms with van der Waals surface area (Å²) in [6, 6.07) is 5.05. The molecule has 0 aliphatic carbocycles. The molecule has 0 saturated heterocycles. The Bertz CT molecular complexity index is 780. The molecule has 10 heteroatoms. The number of hydrogen-bond donors (Lipinski definition) is 5. The van der Waals surface area contributed by atoms with Gasteiger partial charge in [-0.3, -0.25) is 5.32 Å². The first kappa shape index (κ1) is 22.0. The molecule has 0 atom stereocenters. The van der Waals surface area contributed by atoms with Gasteiger partial charge in [0.05, 0.1) is 0 Å². The highest BCUT2D eigenvalue weighted by atomic mass is 35.5. The van der Waals surface area contributed by atoms with Crippen LogP contribution in [0.4, 0.5) is 22.2 Å². The Morgan fingerprint density at radius 1 is 1.30 bits per heavy atom. The van der Waals surface area contributed by atoms with Crippen LogP contribution in [0, 0.1) is 6.92 Å². The molecule has 0 radical (unpaired) electrons. The molecule has 0 saturated carbocycles. The molecule has 0 aliphatic rings. The lowest BCUT2D eigenvalue weighted by atomic mass is 10.2. The molecule has 146 valence electrons. The molecular weight excluding hydrogens is 372 g/mol. The Hall–Kier alpha value is -3.07. The van der Waals surface area contributed by atoms with E-state index in [4.69, 9.17) is 28.2 Å². The van der Waals surface area contributed by atoms with E-state index in [2.05, 4.69) is 20.6 Å². The molecule has 9 nitrogen and oxygen atoms in total. The lowest BCUT2D eigenvalue weighted by molar-refractivity contribution is 0.0697. The van der Waals surface area contributed by atoms with Crippen molar-refractivity contribution in [1.29, 1.82) is 0 Å². The van der Waals surface area contributed by atoms with E-state index in [1.54, 1.807) is 0 Å². The second kappa shape index (κ2) is 10.8. The predicted octanol–water partition coefficient (Wildman–Crippen LogP) is 2.91. The topological polar surface area (TPSA) is 156 Å². The Labute approximate surface area is 162 Å². The van der Waals surface area contributed by atoms with Gasteiger partial charge in [0.25, 0.3) is 0 Å². The number of amides is 2. The molecule has 2 aromatic rings. The Balaban J connectivity index is 0.000000337. The summed E-state index contributed by atoms with van der Waals surface area (Å²) in [5.74, 6) is -1.45. The molecular formula is C17H23ClN6O3. The normalized spacial score (nSPS) is 9.74. The zero-order valence-corrected chi connectivity index (χ0v) is 15.9. The number of halogens is 1. The Morgan fingerprint density at radius 3 is 2.52 bits per heavy atom. The second-order valence-electron chi connectivity index (χ2n) is 5.49. The lowest BCUT2D eigenvalue weighted by Gasteiger charge is -2.06. The van der Waals surface area contributed by atoms with Gasteiger partial charge in [-0.25, -0.2) is 14.6 Å². The van der Waals surface area contributed by atoms with Crippen molar-refractivity contribution in [3.05, 3.63) is 40.5 Å². The summed E-state index contributed by atoms with van der Waals surface area (Å²) >= 11 is 5.73. The molecule has 2 rings (SSSR count). The van der Waals surface area contributed by atoms with Crippen molar-refractivity contribution in [3.8, 4) is 0 Å². The molecule has 7 N–H and O–H groups in total. The fourth-order valence-corrected chi connectivity index (χ4v) is 1.95. The van der Waals surface area contributed by atoms with Crippen LogP contribution in [0.3, 0.4) is 0 Å². The van der Waals surface area contributed by atoms with Gasteiger partial charge in [0.15, 0.2) is 0 Å². The number of unbranched alkanes of at least 4 members (excludes halogenated alkanes) is 1. The van der Waals surface area contributed by atoms with Crippen LogP contribution < -0.4 is 22.1 Å². The standard InChI is InChI=1S/C10H15N5O3.C7H8ClN/c1-2-3-4-12-10(18)15-9-13-5-6(8(16)17)7(11)14-9;1-5-6(8)3-2-4-7(5)9/h5H,2-4H2,1H3,(H,16,17)(H4,11,12,13,14,15,18);2-4H,9H2,1H3.